The molecular formula is C14H15ClN2O. The van der Waals surface area contributed by atoms with Gasteiger partial charge in [0.2, 0.25) is 0 Å². The molecule has 1 aromatic heterocycles. The molecule has 0 fully saturated rings. The molecule has 0 aliphatic rings. The normalized spacial score (nSPS) is 10.4. The molecule has 3 nitrogen and oxygen atoms in total. The zero-order valence-electron chi connectivity index (χ0n) is 10.5. The van der Waals surface area contributed by atoms with Crippen LogP contribution in [-0.2, 0) is 6.42 Å². The van der Waals surface area contributed by atoms with E-state index in [1.807, 2.05) is 38.1 Å². The molecule has 4 heteroatoms. The van der Waals surface area contributed by atoms with Gasteiger partial charge in [-0.25, -0.2) is 9.97 Å². The molecule has 2 aromatic rings. The molecule has 0 spiro atoms. The largest absolute Gasteiger partial charge is 0.494 e. The molecule has 0 atom stereocenters. The van der Waals surface area contributed by atoms with Gasteiger partial charge in [-0.05, 0) is 37.6 Å². The average Bonchev–Trinajstić information content (AvgIpc) is 2.40. The summed E-state index contributed by atoms with van der Waals surface area (Å²) in [7, 11) is 0. The quantitative estimate of drug-likeness (QED) is 0.787. The van der Waals surface area contributed by atoms with Crippen LogP contribution in [0.5, 0.6) is 5.75 Å². The summed E-state index contributed by atoms with van der Waals surface area (Å²) < 4.78 is 5.42. The maximum atomic E-state index is 6.08. The minimum atomic E-state index is 0.524. The van der Waals surface area contributed by atoms with Crippen LogP contribution in [0.3, 0.4) is 0 Å². The maximum absolute atomic E-state index is 6.08. The van der Waals surface area contributed by atoms with Crippen LogP contribution in [0.4, 0.5) is 0 Å². The van der Waals surface area contributed by atoms with Crippen molar-refractivity contribution in [1.29, 1.82) is 0 Å². The highest BCUT2D eigenvalue weighted by atomic mass is 35.5. The fourth-order valence-corrected chi connectivity index (χ4v) is 2.10. The molecule has 1 heterocycles. The lowest BCUT2D eigenvalue weighted by Crippen LogP contribution is -1.96. The van der Waals surface area contributed by atoms with Crippen molar-refractivity contribution in [1.82, 2.24) is 9.97 Å². The maximum Gasteiger partial charge on any atom is 0.136 e. The van der Waals surface area contributed by atoms with Crippen molar-refractivity contribution < 1.29 is 4.74 Å². The predicted molar refractivity (Wildman–Crippen MR) is 73.0 cm³/mol. The highest BCUT2D eigenvalue weighted by Crippen LogP contribution is 2.27. The van der Waals surface area contributed by atoms with Gasteiger partial charge in [0.15, 0.2) is 0 Å². The Kier molecular flexibility index (Phi) is 4.15. The van der Waals surface area contributed by atoms with Crippen molar-refractivity contribution in [2.24, 2.45) is 0 Å². The summed E-state index contributed by atoms with van der Waals surface area (Å²) in [6.45, 7) is 4.68. The summed E-state index contributed by atoms with van der Waals surface area (Å²) in [5, 5.41) is 0.524. The summed E-state index contributed by atoms with van der Waals surface area (Å²) in [4.78, 5) is 8.33. The summed E-state index contributed by atoms with van der Waals surface area (Å²) in [6, 6.07) is 7.86. The molecule has 0 unspecified atom stereocenters. The molecule has 0 saturated heterocycles. The fourth-order valence-electron chi connectivity index (χ4n) is 1.83. The Morgan fingerprint density at radius 2 is 1.83 bits per heavy atom. The van der Waals surface area contributed by atoms with E-state index in [1.54, 1.807) is 0 Å². The van der Waals surface area contributed by atoms with Gasteiger partial charge in [-0.3, -0.25) is 0 Å². The van der Waals surface area contributed by atoms with Crippen molar-refractivity contribution in [3.8, 4) is 17.0 Å². The van der Waals surface area contributed by atoms with Crippen molar-refractivity contribution in [2.75, 3.05) is 6.61 Å². The Morgan fingerprint density at radius 3 is 2.44 bits per heavy atom. The second-order valence-corrected chi connectivity index (χ2v) is 4.16. The molecule has 2 rings (SSSR count). The first-order valence-electron chi connectivity index (χ1n) is 5.98. The van der Waals surface area contributed by atoms with Crippen LogP contribution < -0.4 is 4.74 Å². The third kappa shape index (κ3) is 2.62. The van der Waals surface area contributed by atoms with Gasteiger partial charge in [0.05, 0.1) is 12.3 Å². The topological polar surface area (TPSA) is 35.0 Å². The lowest BCUT2D eigenvalue weighted by Gasteiger charge is -2.09. The van der Waals surface area contributed by atoms with E-state index in [2.05, 4.69) is 9.97 Å². The van der Waals surface area contributed by atoms with Gasteiger partial charge in [-0.2, -0.15) is 0 Å². The van der Waals surface area contributed by atoms with Crippen molar-refractivity contribution in [2.45, 2.75) is 20.3 Å². The highest BCUT2D eigenvalue weighted by molar-refractivity contribution is 6.30. The minimum Gasteiger partial charge on any atom is -0.494 e. The average molecular weight is 263 g/mol. The van der Waals surface area contributed by atoms with Crippen LogP contribution in [0.2, 0.25) is 5.15 Å². The van der Waals surface area contributed by atoms with E-state index in [9.17, 15) is 0 Å². The number of benzene rings is 1. The van der Waals surface area contributed by atoms with Crippen LogP contribution >= 0.6 is 11.6 Å². The van der Waals surface area contributed by atoms with Crippen molar-refractivity contribution in [3.05, 3.63) is 41.3 Å². The zero-order chi connectivity index (χ0) is 13.0. The van der Waals surface area contributed by atoms with E-state index in [0.717, 1.165) is 29.0 Å². The summed E-state index contributed by atoms with van der Waals surface area (Å²) in [6.07, 6.45) is 2.30. The zero-order valence-corrected chi connectivity index (χ0v) is 11.2. The molecule has 0 amide bonds. The SMILES string of the molecule is CCOc1ccc(-c2ncnc(Cl)c2CC)cc1. The van der Waals surface area contributed by atoms with Crippen molar-refractivity contribution in [3.63, 3.8) is 0 Å². The Hall–Kier alpha value is -1.61. The van der Waals surface area contributed by atoms with Gasteiger partial charge < -0.3 is 4.74 Å². The van der Waals surface area contributed by atoms with Gasteiger partial charge in [-0.1, -0.05) is 18.5 Å². The first-order valence-corrected chi connectivity index (χ1v) is 6.36. The van der Waals surface area contributed by atoms with Gasteiger partial charge in [-0.15, -0.1) is 0 Å². The number of rotatable bonds is 4. The summed E-state index contributed by atoms with van der Waals surface area (Å²) >= 11 is 6.08. The molecule has 0 N–H and O–H groups in total. The smallest absolute Gasteiger partial charge is 0.136 e. The van der Waals surface area contributed by atoms with E-state index < -0.39 is 0 Å². The van der Waals surface area contributed by atoms with Crippen LogP contribution in [-0.4, -0.2) is 16.6 Å². The van der Waals surface area contributed by atoms with Gasteiger partial charge in [0.25, 0.3) is 0 Å². The first-order chi connectivity index (χ1) is 8.76. The lowest BCUT2D eigenvalue weighted by atomic mass is 10.1. The van der Waals surface area contributed by atoms with Crippen LogP contribution in [0.1, 0.15) is 19.4 Å². The van der Waals surface area contributed by atoms with E-state index >= 15 is 0 Å². The van der Waals surface area contributed by atoms with Gasteiger partial charge in [0, 0.05) is 11.1 Å². The molecule has 18 heavy (non-hydrogen) atoms. The van der Waals surface area contributed by atoms with Crippen molar-refractivity contribution >= 4 is 11.6 Å². The first kappa shape index (κ1) is 12.8. The van der Waals surface area contributed by atoms with E-state index in [0.29, 0.717) is 11.8 Å². The molecule has 0 aliphatic carbocycles. The molecule has 94 valence electrons. The van der Waals surface area contributed by atoms with E-state index in [4.69, 9.17) is 16.3 Å². The van der Waals surface area contributed by atoms with Gasteiger partial charge in [0.1, 0.15) is 17.2 Å². The molecular weight excluding hydrogens is 248 g/mol. The lowest BCUT2D eigenvalue weighted by molar-refractivity contribution is 0.340. The second-order valence-electron chi connectivity index (χ2n) is 3.80. The molecule has 0 saturated carbocycles. The summed E-state index contributed by atoms with van der Waals surface area (Å²) in [5.41, 5.74) is 2.89. The number of hydrogen-bond donors (Lipinski definition) is 0. The van der Waals surface area contributed by atoms with Gasteiger partial charge >= 0.3 is 0 Å². The van der Waals surface area contributed by atoms with E-state index in [1.165, 1.54) is 6.33 Å². The Balaban J connectivity index is 2.39. The predicted octanol–water partition coefficient (Wildman–Crippen LogP) is 3.76. The number of aromatic nitrogens is 2. The molecule has 1 aromatic carbocycles. The Bertz CT molecular complexity index is 526. The molecule has 0 bridgehead atoms. The number of halogens is 1. The van der Waals surface area contributed by atoms with Crippen LogP contribution in [0.25, 0.3) is 11.3 Å². The minimum absolute atomic E-state index is 0.524. The Labute approximate surface area is 112 Å². The Morgan fingerprint density at radius 1 is 1.11 bits per heavy atom. The van der Waals surface area contributed by atoms with E-state index in [-0.39, 0.29) is 0 Å². The summed E-state index contributed by atoms with van der Waals surface area (Å²) in [5.74, 6) is 0.861. The number of ether oxygens (including phenoxy) is 1. The second kappa shape index (κ2) is 5.83. The fraction of sp³-hybridized carbons (Fsp3) is 0.286. The molecule has 0 aliphatic heterocycles. The van der Waals surface area contributed by atoms with Crippen LogP contribution in [0.15, 0.2) is 30.6 Å². The molecule has 0 radical (unpaired) electrons. The third-order valence-electron chi connectivity index (χ3n) is 2.69. The third-order valence-corrected chi connectivity index (χ3v) is 3.01. The number of hydrogen-bond acceptors (Lipinski definition) is 3. The monoisotopic (exact) mass is 262 g/mol. The van der Waals surface area contributed by atoms with Crippen LogP contribution in [0, 0.1) is 0 Å². The number of nitrogens with zero attached hydrogens (tertiary/aromatic N) is 2. The standard InChI is InChI=1S/C14H15ClN2O/c1-3-12-13(16-9-17-14(12)15)10-5-7-11(8-6-10)18-4-2/h5-9H,3-4H2,1-2H3. The highest BCUT2D eigenvalue weighted by Gasteiger charge is 2.09.